The summed E-state index contributed by atoms with van der Waals surface area (Å²) in [5, 5.41) is 14.8. The summed E-state index contributed by atoms with van der Waals surface area (Å²) in [5.41, 5.74) is 3.60. The maximum absolute atomic E-state index is 9.19. The number of aryl methyl sites for hydroxylation is 2. The molecule has 4 nitrogen and oxygen atoms in total. The molecule has 1 atom stereocenters. The summed E-state index contributed by atoms with van der Waals surface area (Å²) in [7, 11) is 0. The van der Waals surface area contributed by atoms with E-state index in [0.717, 1.165) is 36.6 Å². The molecule has 2 aromatic heterocycles. The first kappa shape index (κ1) is 13.5. The van der Waals surface area contributed by atoms with Crippen LogP contribution in [0.5, 0.6) is 0 Å². The van der Waals surface area contributed by atoms with Gasteiger partial charge in [0.05, 0.1) is 17.5 Å². The summed E-state index contributed by atoms with van der Waals surface area (Å²) in [6.45, 7) is 7.78. The molecule has 0 saturated heterocycles. The van der Waals surface area contributed by atoms with Crippen LogP contribution in [-0.4, -0.2) is 27.1 Å². The number of nitrogens with one attached hydrogen (secondary N) is 1. The van der Waals surface area contributed by atoms with Gasteiger partial charge in [-0.15, -0.1) is 11.3 Å². The van der Waals surface area contributed by atoms with Crippen LogP contribution >= 0.6 is 11.3 Å². The SMILES string of the molecule is Cc1nc2scc(C)n2c1CNCCCC(C)O. The second-order valence-corrected chi connectivity index (χ2v) is 5.64. The van der Waals surface area contributed by atoms with Gasteiger partial charge in [0, 0.05) is 17.6 Å². The predicted molar refractivity (Wildman–Crippen MR) is 75.2 cm³/mol. The molecule has 0 spiro atoms. The molecule has 100 valence electrons. The van der Waals surface area contributed by atoms with Crippen LogP contribution in [-0.2, 0) is 6.54 Å². The monoisotopic (exact) mass is 267 g/mol. The van der Waals surface area contributed by atoms with Gasteiger partial charge >= 0.3 is 0 Å². The van der Waals surface area contributed by atoms with Crippen molar-refractivity contribution in [3.63, 3.8) is 0 Å². The van der Waals surface area contributed by atoms with Crippen LogP contribution in [0.25, 0.3) is 4.96 Å². The van der Waals surface area contributed by atoms with E-state index in [1.54, 1.807) is 11.3 Å². The van der Waals surface area contributed by atoms with Crippen molar-refractivity contribution in [2.24, 2.45) is 0 Å². The fourth-order valence-corrected chi connectivity index (χ4v) is 3.04. The molecule has 0 saturated carbocycles. The molecule has 0 radical (unpaired) electrons. The van der Waals surface area contributed by atoms with Crippen molar-refractivity contribution in [2.75, 3.05) is 6.54 Å². The quantitative estimate of drug-likeness (QED) is 0.789. The first-order valence-corrected chi connectivity index (χ1v) is 7.28. The first-order chi connectivity index (χ1) is 8.59. The van der Waals surface area contributed by atoms with Crippen molar-refractivity contribution in [3.05, 3.63) is 22.5 Å². The number of imidazole rings is 1. The van der Waals surface area contributed by atoms with Gasteiger partial charge < -0.3 is 10.4 Å². The van der Waals surface area contributed by atoms with Gasteiger partial charge in [-0.3, -0.25) is 4.40 Å². The fourth-order valence-electron chi connectivity index (χ4n) is 2.10. The molecule has 0 bridgehead atoms. The van der Waals surface area contributed by atoms with E-state index in [4.69, 9.17) is 0 Å². The van der Waals surface area contributed by atoms with Crippen LogP contribution in [0.15, 0.2) is 5.38 Å². The summed E-state index contributed by atoms with van der Waals surface area (Å²) in [6.07, 6.45) is 1.65. The van der Waals surface area contributed by atoms with Gasteiger partial charge in [-0.25, -0.2) is 4.98 Å². The third kappa shape index (κ3) is 2.91. The highest BCUT2D eigenvalue weighted by Gasteiger charge is 2.11. The Balaban J connectivity index is 1.94. The molecule has 2 N–H and O–H groups in total. The normalized spacial score (nSPS) is 13.3. The molecule has 0 aromatic carbocycles. The molecule has 18 heavy (non-hydrogen) atoms. The third-order valence-corrected chi connectivity index (χ3v) is 4.04. The van der Waals surface area contributed by atoms with Crippen LogP contribution in [0.1, 0.15) is 36.8 Å². The van der Waals surface area contributed by atoms with Crippen molar-refractivity contribution in [1.29, 1.82) is 0 Å². The van der Waals surface area contributed by atoms with Gasteiger partial charge in [-0.1, -0.05) is 0 Å². The smallest absolute Gasteiger partial charge is 0.194 e. The molecule has 0 aliphatic carbocycles. The molecular weight excluding hydrogens is 246 g/mol. The van der Waals surface area contributed by atoms with E-state index in [9.17, 15) is 5.11 Å². The molecule has 2 heterocycles. The Morgan fingerprint density at radius 1 is 1.50 bits per heavy atom. The maximum atomic E-state index is 9.19. The number of hydrogen-bond acceptors (Lipinski definition) is 4. The van der Waals surface area contributed by atoms with Crippen molar-refractivity contribution in [2.45, 2.75) is 46.3 Å². The highest BCUT2D eigenvalue weighted by molar-refractivity contribution is 7.15. The number of aliphatic hydroxyl groups excluding tert-OH is 1. The minimum atomic E-state index is -0.200. The fraction of sp³-hybridized carbons (Fsp3) is 0.615. The van der Waals surface area contributed by atoms with Gasteiger partial charge in [0.2, 0.25) is 0 Å². The maximum Gasteiger partial charge on any atom is 0.194 e. The number of aliphatic hydroxyl groups is 1. The Morgan fingerprint density at radius 3 is 3.00 bits per heavy atom. The molecular formula is C13H21N3OS. The standard InChI is InChI=1S/C13H21N3OS/c1-9-8-18-13-15-11(3)12(16(9)13)7-14-6-4-5-10(2)17/h8,10,14,17H,4-7H2,1-3H3. The second-order valence-electron chi connectivity index (χ2n) is 4.81. The lowest BCUT2D eigenvalue weighted by atomic mass is 10.2. The topological polar surface area (TPSA) is 49.6 Å². The van der Waals surface area contributed by atoms with E-state index in [-0.39, 0.29) is 6.10 Å². The van der Waals surface area contributed by atoms with E-state index in [0.29, 0.717) is 0 Å². The lowest BCUT2D eigenvalue weighted by molar-refractivity contribution is 0.181. The number of nitrogens with zero attached hydrogens (tertiary/aromatic N) is 2. The molecule has 0 aliphatic heterocycles. The van der Waals surface area contributed by atoms with E-state index >= 15 is 0 Å². The van der Waals surface area contributed by atoms with Crippen LogP contribution < -0.4 is 5.32 Å². The number of fused-ring (bicyclic) bond motifs is 1. The van der Waals surface area contributed by atoms with E-state index < -0.39 is 0 Å². The predicted octanol–water partition coefficient (Wildman–Crippen LogP) is 2.26. The second kappa shape index (κ2) is 5.82. The van der Waals surface area contributed by atoms with E-state index in [2.05, 4.69) is 33.9 Å². The zero-order chi connectivity index (χ0) is 13.1. The summed E-state index contributed by atoms with van der Waals surface area (Å²) in [5.74, 6) is 0. The molecule has 2 aromatic rings. The average Bonchev–Trinajstić information content (AvgIpc) is 2.79. The Morgan fingerprint density at radius 2 is 2.28 bits per heavy atom. The Kier molecular flexibility index (Phi) is 4.37. The van der Waals surface area contributed by atoms with Crippen molar-refractivity contribution >= 4 is 16.3 Å². The van der Waals surface area contributed by atoms with Crippen LogP contribution in [0.3, 0.4) is 0 Å². The Hall–Kier alpha value is -0.910. The lowest BCUT2D eigenvalue weighted by Crippen LogP contribution is -2.18. The number of aromatic nitrogens is 2. The van der Waals surface area contributed by atoms with E-state index in [1.807, 2.05) is 6.92 Å². The third-order valence-electron chi connectivity index (χ3n) is 3.10. The minimum Gasteiger partial charge on any atom is -0.393 e. The molecule has 2 rings (SSSR count). The summed E-state index contributed by atoms with van der Waals surface area (Å²) < 4.78 is 2.22. The van der Waals surface area contributed by atoms with Crippen LogP contribution in [0, 0.1) is 13.8 Å². The largest absolute Gasteiger partial charge is 0.393 e. The average molecular weight is 267 g/mol. The first-order valence-electron chi connectivity index (χ1n) is 6.40. The van der Waals surface area contributed by atoms with Gasteiger partial charge in [0.25, 0.3) is 0 Å². The van der Waals surface area contributed by atoms with Crippen LogP contribution in [0.2, 0.25) is 0 Å². The number of rotatable bonds is 6. The summed E-state index contributed by atoms with van der Waals surface area (Å²) in [4.78, 5) is 5.64. The zero-order valence-electron chi connectivity index (χ0n) is 11.2. The number of thiazole rings is 1. The highest BCUT2D eigenvalue weighted by Crippen LogP contribution is 2.20. The van der Waals surface area contributed by atoms with Gasteiger partial charge in [0.15, 0.2) is 4.96 Å². The summed E-state index contributed by atoms with van der Waals surface area (Å²) in [6, 6.07) is 0. The molecule has 1 unspecified atom stereocenters. The molecule has 0 amide bonds. The van der Waals surface area contributed by atoms with E-state index in [1.165, 1.54) is 11.4 Å². The Labute approximate surface area is 112 Å². The zero-order valence-corrected chi connectivity index (χ0v) is 12.0. The van der Waals surface area contributed by atoms with Crippen molar-refractivity contribution in [1.82, 2.24) is 14.7 Å². The molecule has 0 aliphatic rings. The lowest BCUT2D eigenvalue weighted by Gasteiger charge is -2.07. The molecule has 0 fully saturated rings. The van der Waals surface area contributed by atoms with Gasteiger partial charge in [-0.2, -0.15) is 0 Å². The summed E-state index contributed by atoms with van der Waals surface area (Å²) >= 11 is 1.69. The molecule has 5 heteroatoms. The van der Waals surface area contributed by atoms with Crippen molar-refractivity contribution < 1.29 is 5.11 Å². The highest BCUT2D eigenvalue weighted by atomic mass is 32.1. The minimum absolute atomic E-state index is 0.200. The van der Waals surface area contributed by atoms with Crippen molar-refractivity contribution in [3.8, 4) is 0 Å². The van der Waals surface area contributed by atoms with Crippen LogP contribution in [0.4, 0.5) is 0 Å². The van der Waals surface area contributed by atoms with Gasteiger partial charge in [-0.05, 0) is 40.2 Å². The van der Waals surface area contributed by atoms with Gasteiger partial charge in [0.1, 0.15) is 0 Å². The Bertz CT molecular complexity index is 516. The number of hydrogen-bond donors (Lipinski definition) is 2.